The van der Waals surface area contributed by atoms with E-state index in [9.17, 15) is 0 Å². The number of halogens is 1. The summed E-state index contributed by atoms with van der Waals surface area (Å²) in [5.41, 5.74) is 2.42. The van der Waals surface area contributed by atoms with Crippen LogP contribution in [-0.4, -0.2) is 29.0 Å². The Labute approximate surface area is 124 Å². The molecule has 1 N–H and O–H groups in total. The Hall–Kier alpha value is -0.390. The molecule has 1 fully saturated rings. The highest BCUT2D eigenvalue weighted by atomic mass is 79.9. The van der Waals surface area contributed by atoms with Gasteiger partial charge in [0.25, 0.3) is 0 Å². The topological polar surface area (TPSA) is 39.1 Å². The van der Waals surface area contributed by atoms with Gasteiger partial charge in [-0.3, -0.25) is 4.68 Å². The standard InChI is InChI=1S/C14H24BrN3O/c1-4-12-14(15)13(18(5-2)17-12)9-16-10-6-7-11(8-10)19-3/h10-11,16H,4-9H2,1-3H3. The number of ether oxygens (including phenoxy) is 1. The molecule has 1 saturated carbocycles. The molecule has 0 aliphatic heterocycles. The molecule has 0 bridgehead atoms. The highest BCUT2D eigenvalue weighted by Gasteiger charge is 2.24. The number of methoxy groups -OCH3 is 1. The van der Waals surface area contributed by atoms with Crippen LogP contribution in [0, 0.1) is 0 Å². The fourth-order valence-electron chi connectivity index (χ4n) is 2.77. The number of aryl methyl sites for hydroxylation is 2. The van der Waals surface area contributed by atoms with Crippen LogP contribution >= 0.6 is 15.9 Å². The van der Waals surface area contributed by atoms with Gasteiger partial charge in [-0.05, 0) is 48.5 Å². The summed E-state index contributed by atoms with van der Waals surface area (Å²) in [5.74, 6) is 0. The van der Waals surface area contributed by atoms with Crippen molar-refractivity contribution < 1.29 is 4.74 Å². The number of nitrogens with zero attached hydrogens (tertiary/aromatic N) is 2. The van der Waals surface area contributed by atoms with Crippen LogP contribution in [0.5, 0.6) is 0 Å². The van der Waals surface area contributed by atoms with Crippen LogP contribution in [0.1, 0.15) is 44.5 Å². The van der Waals surface area contributed by atoms with Crippen LogP contribution in [0.4, 0.5) is 0 Å². The lowest BCUT2D eigenvalue weighted by Crippen LogP contribution is -2.28. The molecule has 2 atom stereocenters. The molecule has 0 spiro atoms. The zero-order valence-corrected chi connectivity index (χ0v) is 13.7. The largest absolute Gasteiger partial charge is 0.381 e. The molecule has 0 radical (unpaired) electrons. The molecule has 108 valence electrons. The van der Waals surface area contributed by atoms with E-state index in [1.165, 1.54) is 23.0 Å². The molecule has 19 heavy (non-hydrogen) atoms. The minimum atomic E-state index is 0.434. The first-order chi connectivity index (χ1) is 9.19. The average Bonchev–Trinajstić information content (AvgIpc) is 3.00. The molecule has 1 aliphatic carbocycles. The average molecular weight is 330 g/mol. The Bertz CT molecular complexity index is 419. The van der Waals surface area contributed by atoms with Gasteiger partial charge in [0, 0.05) is 26.2 Å². The maximum atomic E-state index is 5.42. The number of rotatable bonds is 6. The molecule has 2 unspecified atom stereocenters. The summed E-state index contributed by atoms with van der Waals surface area (Å²) in [6.07, 6.45) is 4.90. The van der Waals surface area contributed by atoms with Crippen molar-refractivity contribution in [1.82, 2.24) is 15.1 Å². The van der Waals surface area contributed by atoms with Crippen LogP contribution in [0.25, 0.3) is 0 Å². The molecule has 0 aromatic carbocycles. The SMILES string of the molecule is CCc1nn(CC)c(CNC2CCC(OC)C2)c1Br. The third-order valence-corrected chi connectivity index (χ3v) is 4.89. The van der Waals surface area contributed by atoms with E-state index in [0.717, 1.165) is 31.6 Å². The smallest absolute Gasteiger partial charge is 0.0767 e. The lowest BCUT2D eigenvalue weighted by Gasteiger charge is -2.14. The molecular formula is C14H24BrN3O. The van der Waals surface area contributed by atoms with E-state index in [0.29, 0.717) is 12.1 Å². The Kier molecular flexibility index (Phi) is 5.42. The van der Waals surface area contributed by atoms with Crippen LogP contribution in [0.15, 0.2) is 4.47 Å². The van der Waals surface area contributed by atoms with Crippen molar-refractivity contribution in [1.29, 1.82) is 0 Å². The molecule has 1 aromatic heterocycles. The van der Waals surface area contributed by atoms with Gasteiger partial charge in [-0.2, -0.15) is 5.10 Å². The summed E-state index contributed by atoms with van der Waals surface area (Å²) >= 11 is 3.69. The zero-order valence-electron chi connectivity index (χ0n) is 12.1. The Morgan fingerprint density at radius 1 is 1.42 bits per heavy atom. The minimum Gasteiger partial charge on any atom is -0.381 e. The molecule has 5 heteroatoms. The fraction of sp³-hybridized carbons (Fsp3) is 0.786. The minimum absolute atomic E-state index is 0.434. The van der Waals surface area contributed by atoms with Gasteiger partial charge in [-0.25, -0.2) is 0 Å². The van der Waals surface area contributed by atoms with E-state index in [4.69, 9.17) is 4.74 Å². The first kappa shape index (κ1) is 15.0. The Morgan fingerprint density at radius 2 is 2.21 bits per heavy atom. The van der Waals surface area contributed by atoms with E-state index >= 15 is 0 Å². The third-order valence-electron chi connectivity index (χ3n) is 3.97. The summed E-state index contributed by atoms with van der Waals surface area (Å²) < 4.78 is 8.68. The second kappa shape index (κ2) is 6.86. The zero-order chi connectivity index (χ0) is 13.8. The lowest BCUT2D eigenvalue weighted by atomic mass is 10.2. The molecule has 0 saturated heterocycles. The summed E-state index contributed by atoms with van der Waals surface area (Å²) in [5, 5.41) is 8.27. The molecule has 1 aromatic rings. The number of nitrogens with one attached hydrogen (secondary N) is 1. The van der Waals surface area contributed by atoms with Gasteiger partial charge in [0.15, 0.2) is 0 Å². The van der Waals surface area contributed by atoms with Crippen molar-refractivity contribution in [3.05, 3.63) is 15.9 Å². The van der Waals surface area contributed by atoms with E-state index < -0.39 is 0 Å². The number of hydrogen-bond donors (Lipinski definition) is 1. The quantitative estimate of drug-likeness (QED) is 0.872. The summed E-state index contributed by atoms with van der Waals surface area (Å²) in [7, 11) is 1.81. The summed E-state index contributed by atoms with van der Waals surface area (Å²) in [4.78, 5) is 0. The second-order valence-electron chi connectivity index (χ2n) is 5.13. The van der Waals surface area contributed by atoms with Gasteiger partial charge in [0.1, 0.15) is 0 Å². The van der Waals surface area contributed by atoms with Crippen molar-refractivity contribution in [2.45, 2.75) is 64.8 Å². The number of hydrogen-bond acceptors (Lipinski definition) is 3. The van der Waals surface area contributed by atoms with Crippen LogP contribution in [0.3, 0.4) is 0 Å². The normalized spacial score (nSPS) is 23.2. The van der Waals surface area contributed by atoms with Crippen LogP contribution < -0.4 is 5.32 Å². The maximum Gasteiger partial charge on any atom is 0.0767 e. The fourth-order valence-corrected chi connectivity index (χ4v) is 3.47. The lowest BCUT2D eigenvalue weighted by molar-refractivity contribution is 0.107. The highest BCUT2D eigenvalue weighted by Crippen LogP contribution is 2.25. The van der Waals surface area contributed by atoms with Crippen LogP contribution in [0.2, 0.25) is 0 Å². The summed E-state index contributed by atoms with van der Waals surface area (Å²) in [6.45, 7) is 6.08. The van der Waals surface area contributed by atoms with E-state index in [1.54, 1.807) is 0 Å². The van der Waals surface area contributed by atoms with Gasteiger partial charge in [-0.15, -0.1) is 0 Å². The van der Waals surface area contributed by atoms with Crippen molar-refractivity contribution in [2.24, 2.45) is 0 Å². The number of aromatic nitrogens is 2. The molecule has 1 aliphatic rings. The van der Waals surface area contributed by atoms with Gasteiger partial charge >= 0.3 is 0 Å². The molecule has 2 rings (SSSR count). The predicted molar refractivity (Wildman–Crippen MR) is 80.3 cm³/mol. The molecule has 0 amide bonds. The van der Waals surface area contributed by atoms with Gasteiger partial charge in [0.05, 0.1) is 22.0 Å². The van der Waals surface area contributed by atoms with Crippen molar-refractivity contribution >= 4 is 15.9 Å². The highest BCUT2D eigenvalue weighted by molar-refractivity contribution is 9.10. The molecule has 1 heterocycles. The van der Waals surface area contributed by atoms with Crippen molar-refractivity contribution in [3.63, 3.8) is 0 Å². The van der Waals surface area contributed by atoms with Gasteiger partial charge < -0.3 is 10.1 Å². The molecular weight excluding hydrogens is 306 g/mol. The maximum absolute atomic E-state index is 5.42. The third kappa shape index (κ3) is 3.38. The van der Waals surface area contributed by atoms with Crippen LogP contribution in [-0.2, 0) is 24.2 Å². The molecule has 4 nitrogen and oxygen atoms in total. The van der Waals surface area contributed by atoms with Crippen molar-refractivity contribution in [3.8, 4) is 0 Å². The Balaban J connectivity index is 1.97. The first-order valence-corrected chi connectivity index (χ1v) is 7.99. The van der Waals surface area contributed by atoms with Crippen molar-refractivity contribution in [2.75, 3.05) is 7.11 Å². The van der Waals surface area contributed by atoms with Gasteiger partial charge in [0.2, 0.25) is 0 Å². The van der Waals surface area contributed by atoms with E-state index in [2.05, 4.69) is 44.9 Å². The van der Waals surface area contributed by atoms with E-state index in [1.807, 2.05) is 7.11 Å². The van der Waals surface area contributed by atoms with Gasteiger partial charge in [-0.1, -0.05) is 6.92 Å². The monoisotopic (exact) mass is 329 g/mol. The first-order valence-electron chi connectivity index (χ1n) is 7.19. The predicted octanol–water partition coefficient (Wildman–Crippen LogP) is 2.89. The second-order valence-corrected chi connectivity index (χ2v) is 5.92. The summed E-state index contributed by atoms with van der Waals surface area (Å²) in [6, 6.07) is 0.571. The van der Waals surface area contributed by atoms with E-state index in [-0.39, 0.29) is 0 Å². The Morgan fingerprint density at radius 3 is 2.79 bits per heavy atom.